The molecular formula is C18H24N2O3S. The summed E-state index contributed by atoms with van der Waals surface area (Å²) >= 11 is -1.39. The monoisotopic (exact) mass is 348 g/mol. The van der Waals surface area contributed by atoms with Crippen molar-refractivity contribution in [2.24, 2.45) is 0 Å². The lowest BCUT2D eigenvalue weighted by Crippen LogP contribution is -2.51. The van der Waals surface area contributed by atoms with Crippen molar-refractivity contribution in [3.63, 3.8) is 0 Å². The number of pyridine rings is 1. The first-order valence-electron chi connectivity index (χ1n) is 7.54. The molecule has 0 aliphatic rings. The number of carboxylic acids is 1. The SMILES string of the molecule is CC#Cc1cncc(C=C[C@](C)(CC(=O)O)N[S+]([O-])C(C)(C)C)c1. The fraction of sp³-hybridized carbons (Fsp3) is 0.444. The maximum atomic E-state index is 12.4. The molecule has 2 atom stereocenters. The van der Waals surface area contributed by atoms with Crippen LogP contribution in [0.2, 0.25) is 0 Å². The van der Waals surface area contributed by atoms with E-state index in [0.717, 1.165) is 11.1 Å². The number of carbonyl (C=O) groups is 1. The standard InChI is InChI=1S/C18H24N2O3S/c1-6-7-14-10-15(13-19-12-14)8-9-18(5,11-16(21)22)20-24(23)17(2,3)4/h8-10,12-13,20H,11H2,1-5H3,(H,21,22)/t18-,24?/m1/s1. The predicted molar refractivity (Wildman–Crippen MR) is 97.5 cm³/mol. The van der Waals surface area contributed by atoms with Crippen LogP contribution in [0.15, 0.2) is 24.5 Å². The fourth-order valence-electron chi connectivity index (χ4n) is 1.85. The van der Waals surface area contributed by atoms with Crippen LogP contribution in [0.3, 0.4) is 0 Å². The van der Waals surface area contributed by atoms with Gasteiger partial charge >= 0.3 is 5.97 Å². The lowest BCUT2D eigenvalue weighted by atomic mass is 9.98. The molecule has 24 heavy (non-hydrogen) atoms. The first-order valence-corrected chi connectivity index (χ1v) is 8.69. The van der Waals surface area contributed by atoms with E-state index in [9.17, 15) is 14.5 Å². The molecule has 0 saturated carbocycles. The number of aliphatic carboxylic acids is 1. The van der Waals surface area contributed by atoms with Crippen molar-refractivity contribution < 1.29 is 14.5 Å². The molecule has 0 amide bonds. The molecule has 1 heterocycles. The van der Waals surface area contributed by atoms with Crippen LogP contribution in [0.4, 0.5) is 0 Å². The van der Waals surface area contributed by atoms with Gasteiger partial charge in [-0.05, 0) is 46.2 Å². The van der Waals surface area contributed by atoms with Gasteiger partial charge in [0.05, 0.1) is 12.0 Å². The number of carboxylic acid groups (broad SMARTS) is 1. The van der Waals surface area contributed by atoms with Crippen LogP contribution in [-0.2, 0) is 16.2 Å². The smallest absolute Gasteiger partial charge is 0.305 e. The summed E-state index contributed by atoms with van der Waals surface area (Å²) in [6.45, 7) is 8.95. The Hall–Kier alpha value is -1.81. The summed E-state index contributed by atoms with van der Waals surface area (Å²) in [7, 11) is 0. The third-order valence-electron chi connectivity index (χ3n) is 3.07. The molecule has 0 fully saturated rings. The highest BCUT2D eigenvalue weighted by Gasteiger charge is 2.35. The Morgan fingerprint density at radius 1 is 1.42 bits per heavy atom. The van der Waals surface area contributed by atoms with Gasteiger partial charge in [0.25, 0.3) is 0 Å². The molecule has 2 N–H and O–H groups in total. The van der Waals surface area contributed by atoms with Gasteiger partial charge in [-0.3, -0.25) is 9.78 Å². The van der Waals surface area contributed by atoms with E-state index in [-0.39, 0.29) is 6.42 Å². The van der Waals surface area contributed by atoms with Crippen molar-refractivity contribution >= 4 is 23.4 Å². The molecule has 0 bridgehead atoms. The van der Waals surface area contributed by atoms with Gasteiger partial charge in [0.15, 0.2) is 0 Å². The number of rotatable bonds is 6. The summed E-state index contributed by atoms with van der Waals surface area (Å²) in [6, 6.07) is 1.86. The number of aromatic nitrogens is 1. The van der Waals surface area contributed by atoms with E-state index in [1.807, 2.05) is 26.8 Å². The van der Waals surface area contributed by atoms with E-state index in [0.29, 0.717) is 0 Å². The van der Waals surface area contributed by atoms with Crippen LogP contribution in [-0.4, -0.2) is 30.9 Å². The van der Waals surface area contributed by atoms with Gasteiger partial charge in [0.2, 0.25) is 0 Å². The molecule has 1 aromatic heterocycles. The molecule has 1 rings (SSSR count). The van der Waals surface area contributed by atoms with Gasteiger partial charge in [-0.1, -0.05) is 18.1 Å². The summed E-state index contributed by atoms with van der Waals surface area (Å²) < 4.78 is 14.8. The van der Waals surface area contributed by atoms with E-state index in [1.165, 1.54) is 0 Å². The number of hydrogen-bond donors (Lipinski definition) is 2. The third-order valence-corrected chi connectivity index (χ3v) is 4.84. The lowest BCUT2D eigenvalue weighted by Gasteiger charge is -2.32. The average molecular weight is 348 g/mol. The summed E-state index contributed by atoms with van der Waals surface area (Å²) in [5, 5.41) is 9.17. The maximum absolute atomic E-state index is 12.4. The first kappa shape index (κ1) is 20.2. The second-order valence-corrected chi connectivity index (χ2v) is 8.65. The van der Waals surface area contributed by atoms with Crippen molar-refractivity contribution in [1.29, 1.82) is 0 Å². The minimum atomic E-state index is -1.39. The molecule has 0 radical (unpaired) electrons. The minimum absolute atomic E-state index is 0.187. The molecule has 5 nitrogen and oxygen atoms in total. The van der Waals surface area contributed by atoms with Crippen molar-refractivity contribution in [3.05, 3.63) is 35.7 Å². The van der Waals surface area contributed by atoms with E-state index >= 15 is 0 Å². The molecule has 6 heteroatoms. The van der Waals surface area contributed by atoms with Gasteiger partial charge in [-0.25, -0.2) is 0 Å². The molecular weight excluding hydrogens is 324 g/mol. The van der Waals surface area contributed by atoms with E-state index in [4.69, 9.17) is 0 Å². The highest BCUT2D eigenvalue weighted by Crippen LogP contribution is 2.21. The van der Waals surface area contributed by atoms with Gasteiger partial charge in [-0.2, -0.15) is 0 Å². The van der Waals surface area contributed by atoms with Gasteiger partial charge in [0, 0.05) is 29.3 Å². The molecule has 0 aromatic carbocycles. The summed E-state index contributed by atoms with van der Waals surface area (Å²) in [5.74, 6) is 4.76. The Balaban J connectivity index is 3.05. The summed E-state index contributed by atoms with van der Waals surface area (Å²) in [6.07, 6.45) is 6.62. The fourth-order valence-corrected chi connectivity index (χ4v) is 2.72. The van der Waals surface area contributed by atoms with E-state index in [2.05, 4.69) is 21.5 Å². The molecule has 1 unspecified atom stereocenters. The largest absolute Gasteiger partial charge is 0.598 e. The molecule has 0 spiro atoms. The molecule has 0 saturated heterocycles. The second-order valence-electron chi connectivity index (χ2n) is 6.69. The number of nitrogens with zero attached hydrogens (tertiary/aromatic N) is 1. The Kier molecular flexibility index (Phi) is 7.03. The Morgan fingerprint density at radius 2 is 2.08 bits per heavy atom. The summed E-state index contributed by atoms with van der Waals surface area (Å²) in [5.41, 5.74) is 0.636. The normalized spacial score (nSPS) is 15.4. The quantitative estimate of drug-likeness (QED) is 0.610. The van der Waals surface area contributed by atoms with Crippen molar-refractivity contribution in [2.45, 2.75) is 51.3 Å². The second kappa shape index (κ2) is 8.34. The van der Waals surface area contributed by atoms with Gasteiger partial charge in [-0.15, -0.1) is 10.6 Å². The van der Waals surface area contributed by atoms with E-state index < -0.39 is 27.6 Å². The minimum Gasteiger partial charge on any atom is -0.598 e. The molecule has 130 valence electrons. The average Bonchev–Trinajstić information content (AvgIpc) is 2.44. The van der Waals surface area contributed by atoms with Crippen LogP contribution in [0.25, 0.3) is 6.08 Å². The highest BCUT2D eigenvalue weighted by molar-refractivity contribution is 7.90. The zero-order valence-corrected chi connectivity index (χ0v) is 15.5. The van der Waals surface area contributed by atoms with E-state index in [1.54, 1.807) is 38.4 Å². The van der Waals surface area contributed by atoms with Gasteiger partial charge < -0.3 is 9.66 Å². The van der Waals surface area contributed by atoms with Crippen LogP contribution >= 0.6 is 0 Å². The maximum Gasteiger partial charge on any atom is 0.305 e. The predicted octanol–water partition coefficient (Wildman–Crippen LogP) is 2.75. The summed E-state index contributed by atoms with van der Waals surface area (Å²) in [4.78, 5) is 15.3. The van der Waals surface area contributed by atoms with Crippen molar-refractivity contribution in [3.8, 4) is 11.8 Å². The Bertz CT molecular complexity index is 671. The Morgan fingerprint density at radius 3 is 2.62 bits per heavy atom. The Labute approximate surface area is 146 Å². The molecule has 1 aromatic rings. The van der Waals surface area contributed by atoms with Crippen molar-refractivity contribution in [1.82, 2.24) is 9.71 Å². The third kappa shape index (κ3) is 6.75. The van der Waals surface area contributed by atoms with Crippen LogP contribution < -0.4 is 4.72 Å². The molecule has 0 aliphatic heterocycles. The lowest BCUT2D eigenvalue weighted by molar-refractivity contribution is -0.137. The van der Waals surface area contributed by atoms with Crippen LogP contribution in [0.5, 0.6) is 0 Å². The zero-order chi connectivity index (χ0) is 18.4. The van der Waals surface area contributed by atoms with Crippen LogP contribution in [0, 0.1) is 11.8 Å². The number of nitrogens with one attached hydrogen (secondary N) is 1. The first-order chi connectivity index (χ1) is 11.1. The van der Waals surface area contributed by atoms with Gasteiger partial charge in [0.1, 0.15) is 4.75 Å². The highest BCUT2D eigenvalue weighted by atomic mass is 32.2. The zero-order valence-electron chi connectivity index (χ0n) is 14.7. The number of hydrogen-bond acceptors (Lipinski definition) is 4. The van der Waals surface area contributed by atoms with Crippen LogP contribution in [0.1, 0.15) is 52.2 Å². The molecule has 0 aliphatic carbocycles. The topological polar surface area (TPSA) is 85.3 Å². The van der Waals surface area contributed by atoms with Crippen molar-refractivity contribution in [2.75, 3.05) is 0 Å².